The minimum atomic E-state index is -1.66. The van der Waals surface area contributed by atoms with Crippen LogP contribution in [0, 0.1) is 17.8 Å². The van der Waals surface area contributed by atoms with Gasteiger partial charge in [-0.3, -0.25) is 0 Å². The molecule has 13 heteroatoms. The Labute approximate surface area is 251 Å². The second kappa shape index (κ2) is 14.5. The van der Waals surface area contributed by atoms with Crippen LogP contribution < -0.4 is 0 Å². The minimum Gasteiger partial charge on any atom is -0.460 e. The molecule has 0 amide bonds. The molecule has 5 rings (SSSR count). The molecule has 0 radical (unpaired) electrons. The van der Waals surface area contributed by atoms with E-state index in [-0.39, 0.29) is 36.7 Å². The van der Waals surface area contributed by atoms with Crippen LogP contribution in [-0.4, -0.2) is 133 Å². The first-order chi connectivity index (χ1) is 20.5. The van der Waals surface area contributed by atoms with Crippen LogP contribution in [0.4, 0.5) is 0 Å². The van der Waals surface area contributed by atoms with Crippen LogP contribution in [0.1, 0.15) is 64.2 Å². The first kappa shape index (κ1) is 33.1. The molecular formula is C30H48O13. The summed E-state index contributed by atoms with van der Waals surface area (Å²) in [6.45, 7) is -0.407. The van der Waals surface area contributed by atoms with Crippen LogP contribution in [0.3, 0.4) is 0 Å². The van der Waals surface area contributed by atoms with Gasteiger partial charge < -0.3 is 59.8 Å². The molecule has 43 heavy (non-hydrogen) atoms. The summed E-state index contributed by atoms with van der Waals surface area (Å²) in [6.07, 6.45) is -5.10. The third kappa shape index (κ3) is 7.95. The number of aliphatic hydroxyl groups is 8. The van der Waals surface area contributed by atoms with Gasteiger partial charge >= 0.3 is 5.97 Å². The Morgan fingerprint density at radius 1 is 0.721 bits per heavy atom. The molecule has 5 aliphatic rings. The normalized spacial score (nSPS) is 49.4. The van der Waals surface area contributed by atoms with E-state index in [2.05, 4.69) is 0 Å². The molecule has 0 aromatic heterocycles. The van der Waals surface area contributed by atoms with Crippen LogP contribution in [0.2, 0.25) is 0 Å². The van der Waals surface area contributed by atoms with Crippen molar-refractivity contribution in [1.82, 2.24) is 0 Å². The van der Waals surface area contributed by atoms with Gasteiger partial charge in [0.2, 0.25) is 0 Å². The highest BCUT2D eigenvalue weighted by molar-refractivity contribution is 5.81. The minimum absolute atomic E-state index is 0.159. The van der Waals surface area contributed by atoms with Gasteiger partial charge in [0.05, 0.1) is 48.8 Å². The van der Waals surface area contributed by atoms with Crippen molar-refractivity contribution < 1.29 is 64.6 Å². The maximum Gasteiger partial charge on any atom is 0.330 e. The second-order valence-electron chi connectivity index (χ2n) is 13.2. The van der Waals surface area contributed by atoms with Gasteiger partial charge in [-0.1, -0.05) is 6.08 Å². The quantitative estimate of drug-likeness (QED) is 0.123. The smallest absolute Gasteiger partial charge is 0.330 e. The molecule has 2 aliphatic heterocycles. The Morgan fingerprint density at radius 2 is 1.47 bits per heavy atom. The van der Waals surface area contributed by atoms with Crippen molar-refractivity contribution in [2.24, 2.45) is 17.8 Å². The number of esters is 1. The molecule has 0 bridgehead atoms. The van der Waals surface area contributed by atoms with E-state index in [0.717, 1.165) is 12.8 Å². The molecular weight excluding hydrogens is 568 g/mol. The molecule has 14 atom stereocenters. The molecule has 246 valence electrons. The Kier molecular flexibility index (Phi) is 11.1. The van der Waals surface area contributed by atoms with E-state index >= 15 is 0 Å². The highest BCUT2D eigenvalue weighted by Crippen LogP contribution is 2.43. The molecule has 0 aromatic carbocycles. The summed E-state index contributed by atoms with van der Waals surface area (Å²) >= 11 is 0. The fraction of sp³-hybridized carbons (Fsp3) is 0.900. The lowest BCUT2D eigenvalue weighted by molar-refractivity contribution is -0.333. The highest BCUT2D eigenvalue weighted by Gasteiger charge is 2.52. The Balaban J connectivity index is 1.24. The molecule has 0 aromatic rings. The summed E-state index contributed by atoms with van der Waals surface area (Å²) in [5, 5.41) is 83.0. The van der Waals surface area contributed by atoms with Crippen molar-refractivity contribution in [3.05, 3.63) is 12.2 Å². The summed E-state index contributed by atoms with van der Waals surface area (Å²) in [4.78, 5) is 12.4. The number of aliphatic hydroxyl groups excluding tert-OH is 8. The topological polar surface area (TPSA) is 216 Å². The monoisotopic (exact) mass is 616 g/mol. The zero-order valence-corrected chi connectivity index (χ0v) is 24.3. The van der Waals surface area contributed by atoms with Gasteiger partial charge in [-0.05, 0) is 76.0 Å². The van der Waals surface area contributed by atoms with Crippen molar-refractivity contribution >= 4 is 5.97 Å². The molecule has 3 aliphatic carbocycles. The van der Waals surface area contributed by atoms with E-state index in [1.807, 2.05) is 0 Å². The molecule has 14 unspecified atom stereocenters. The number of rotatable bonds is 7. The molecule has 2 saturated heterocycles. The number of carbonyl (C=O) groups excluding carboxylic acids is 1. The SMILES string of the molecule is O=C(C=CC1CCC(O)CC1)OCC1OC(OC2CC3C(O)CC(O)CC3OC2C2CCC(O)C(O)C2)C(O)C(O)C1O. The number of fused-ring (bicyclic) bond motifs is 1. The van der Waals surface area contributed by atoms with Gasteiger partial charge in [-0.25, -0.2) is 4.79 Å². The molecule has 5 fully saturated rings. The average Bonchev–Trinajstić information content (AvgIpc) is 2.98. The van der Waals surface area contributed by atoms with Crippen molar-refractivity contribution in [3.63, 3.8) is 0 Å². The van der Waals surface area contributed by atoms with Gasteiger partial charge in [0.25, 0.3) is 0 Å². The summed E-state index contributed by atoms with van der Waals surface area (Å²) < 4.78 is 23.7. The lowest BCUT2D eigenvalue weighted by Gasteiger charge is -2.51. The van der Waals surface area contributed by atoms with Crippen molar-refractivity contribution in [2.45, 2.75) is 144 Å². The van der Waals surface area contributed by atoms with E-state index < -0.39 is 86.0 Å². The van der Waals surface area contributed by atoms with E-state index in [0.29, 0.717) is 38.5 Å². The zero-order valence-electron chi connectivity index (χ0n) is 24.3. The van der Waals surface area contributed by atoms with Gasteiger partial charge in [-0.15, -0.1) is 0 Å². The molecule has 0 spiro atoms. The average molecular weight is 617 g/mol. The Bertz CT molecular complexity index is 941. The van der Waals surface area contributed by atoms with E-state index in [4.69, 9.17) is 18.9 Å². The maximum absolute atomic E-state index is 12.4. The van der Waals surface area contributed by atoms with Gasteiger partial charge in [0.15, 0.2) is 6.29 Å². The standard InChI is InChI=1S/C30H48O13/c31-16-5-1-14(2-6-16)3-8-25(36)40-13-24-26(37)27(38)28(39)30(43-24)42-23-12-18-20(34)10-17(32)11-22(18)41-29(23)15-4-7-19(33)21(35)9-15/h3,8,14-24,26-35,37-39H,1-2,4-7,9-13H2. The zero-order chi connectivity index (χ0) is 30.8. The molecule has 13 nitrogen and oxygen atoms in total. The lowest BCUT2D eigenvalue weighted by Crippen LogP contribution is -2.62. The summed E-state index contributed by atoms with van der Waals surface area (Å²) in [5.74, 6) is -1.09. The van der Waals surface area contributed by atoms with Gasteiger partial charge in [0.1, 0.15) is 31.0 Å². The van der Waals surface area contributed by atoms with Crippen LogP contribution in [0.5, 0.6) is 0 Å². The van der Waals surface area contributed by atoms with Crippen LogP contribution in [-0.2, 0) is 23.7 Å². The highest BCUT2D eigenvalue weighted by atomic mass is 16.7. The maximum atomic E-state index is 12.4. The van der Waals surface area contributed by atoms with Crippen LogP contribution in [0.25, 0.3) is 0 Å². The number of hydrogen-bond donors (Lipinski definition) is 8. The van der Waals surface area contributed by atoms with Crippen LogP contribution in [0.15, 0.2) is 12.2 Å². The largest absolute Gasteiger partial charge is 0.460 e. The van der Waals surface area contributed by atoms with Crippen LogP contribution >= 0.6 is 0 Å². The molecule has 3 saturated carbocycles. The van der Waals surface area contributed by atoms with Gasteiger partial charge in [-0.2, -0.15) is 0 Å². The molecule has 8 N–H and O–H groups in total. The predicted octanol–water partition coefficient (Wildman–Crippen LogP) is -1.36. The summed E-state index contributed by atoms with van der Waals surface area (Å²) in [6, 6.07) is 0. The fourth-order valence-electron chi connectivity index (χ4n) is 7.47. The number of hydrogen-bond acceptors (Lipinski definition) is 13. The van der Waals surface area contributed by atoms with Gasteiger partial charge in [0, 0.05) is 12.0 Å². The summed E-state index contributed by atoms with van der Waals surface area (Å²) in [7, 11) is 0. The number of allylic oxidation sites excluding steroid dienone is 1. The predicted molar refractivity (Wildman–Crippen MR) is 147 cm³/mol. The van der Waals surface area contributed by atoms with E-state index in [1.165, 1.54) is 6.08 Å². The fourth-order valence-corrected chi connectivity index (χ4v) is 7.47. The second-order valence-corrected chi connectivity index (χ2v) is 13.2. The number of carbonyl (C=O) groups is 1. The van der Waals surface area contributed by atoms with Crippen molar-refractivity contribution in [2.75, 3.05) is 6.61 Å². The van der Waals surface area contributed by atoms with E-state index in [1.54, 1.807) is 6.08 Å². The third-order valence-electron chi connectivity index (χ3n) is 10.1. The Hall–Kier alpha value is -1.23. The first-order valence-electron chi connectivity index (χ1n) is 15.8. The number of ether oxygens (including phenoxy) is 4. The van der Waals surface area contributed by atoms with Crippen molar-refractivity contribution in [3.8, 4) is 0 Å². The molecule has 2 heterocycles. The first-order valence-corrected chi connectivity index (χ1v) is 15.8. The Morgan fingerprint density at radius 3 is 2.19 bits per heavy atom. The van der Waals surface area contributed by atoms with Crippen molar-refractivity contribution in [1.29, 1.82) is 0 Å². The van der Waals surface area contributed by atoms with E-state index in [9.17, 15) is 45.6 Å². The lowest BCUT2D eigenvalue weighted by atomic mass is 9.72. The third-order valence-corrected chi connectivity index (χ3v) is 10.1. The summed E-state index contributed by atoms with van der Waals surface area (Å²) in [5.41, 5.74) is 0.